The molecule has 1 amide bonds. The molecule has 192 valence electrons. The second-order valence-corrected chi connectivity index (χ2v) is 11.7. The van der Waals surface area contributed by atoms with Crippen LogP contribution >= 0.6 is 23.1 Å². The summed E-state index contributed by atoms with van der Waals surface area (Å²) in [6.07, 6.45) is 1.51. The van der Waals surface area contributed by atoms with Crippen molar-refractivity contribution in [3.63, 3.8) is 0 Å². The average molecular weight is 564 g/mol. The lowest BCUT2D eigenvalue weighted by molar-refractivity contribution is -0.113. The van der Waals surface area contributed by atoms with Gasteiger partial charge in [0.05, 0.1) is 27.2 Å². The van der Waals surface area contributed by atoms with E-state index in [1.54, 1.807) is 23.6 Å². The van der Waals surface area contributed by atoms with Crippen LogP contribution in [0.25, 0.3) is 16.6 Å². The quantitative estimate of drug-likeness (QED) is 0.208. The van der Waals surface area contributed by atoms with Gasteiger partial charge in [-0.05, 0) is 61.0 Å². The van der Waals surface area contributed by atoms with Crippen molar-refractivity contribution in [3.05, 3.63) is 100 Å². The molecule has 12 heteroatoms. The molecule has 0 radical (unpaired) electrons. The molecule has 0 spiro atoms. The fourth-order valence-electron chi connectivity index (χ4n) is 3.70. The summed E-state index contributed by atoms with van der Waals surface area (Å²) in [6.45, 7) is 1.94. The first-order chi connectivity index (χ1) is 18.3. The summed E-state index contributed by atoms with van der Waals surface area (Å²) in [5, 5.41) is 5.58. The fraction of sp³-hybridized carbons (Fsp3) is 0.0769. The number of fused-ring (bicyclic) bond motifs is 1. The topological polar surface area (TPSA) is 123 Å². The van der Waals surface area contributed by atoms with Crippen LogP contribution in [-0.4, -0.2) is 34.6 Å². The minimum absolute atomic E-state index is 0.0117. The van der Waals surface area contributed by atoms with Crippen molar-refractivity contribution in [1.82, 2.24) is 14.5 Å². The Bertz CT molecular complexity index is 1780. The second-order valence-electron chi connectivity index (χ2n) is 8.20. The number of rotatable bonds is 8. The largest absolute Gasteiger partial charge is 0.325 e. The summed E-state index contributed by atoms with van der Waals surface area (Å²) in [6, 6.07) is 20.4. The third-order valence-corrected chi connectivity index (χ3v) is 8.55. The molecule has 5 aromatic rings. The van der Waals surface area contributed by atoms with Gasteiger partial charge in [0.15, 0.2) is 10.3 Å². The maximum Gasteiger partial charge on any atom is 0.266 e. The van der Waals surface area contributed by atoms with Gasteiger partial charge in [0.25, 0.3) is 15.6 Å². The molecule has 9 nitrogen and oxygen atoms in total. The third-order valence-electron chi connectivity index (χ3n) is 5.44. The van der Waals surface area contributed by atoms with E-state index in [2.05, 4.69) is 20.0 Å². The maximum absolute atomic E-state index is 13.4. The van der Waals surface area contributed by atoms with Crippen molar-refractivity contribution in [1.29, 1.82) is 0 Å². The van der Waals surface area contributed by atoms with E-state index in [9.17, 15) is 18.0 Å². The molecule has 2 N–H and O–H groups in total. The normalized spacial score (nSPS) is 11.4. The Morgan fingerprint density at radius 1 is 1.05 bits per heavy atom. The minimum atomic E-state index is -3.79. The number of sulfonamides is 1. The van der Waals surface area contributed by atoms with E-state index in [0.29, 0.717) is 27.4 Å². The van der Waals surface area contributed by atoms with Gasteiger partial charge in [-0.15, -0.1) is 11.3 Å². The van der Waals surface area contributed by atoms with E-state index in [0.717, 1.165) is 17.3 Å². The number of thioether (sulfide) groups is 1. The summed E-state index contributed by atoms with van der Waals surface area (Å²) in [4.78, 5) is 34.7. The van der Waals surface area contributed by atoms with Gasteiger partial charge >= 0.3 is 0 Å². The van der Waals surface area contributed by atoms with Crippen molar-refractivity contribution >= 4 is 60.8 Å². The highest BCUT2D eigenvalue weighted by Crippen LogP contribution is 2.23. The molecule has 3 aromatic carbocycles. The van der Waals surface area contributed by atoms with Crippen LogP contribution in [-0.2, 0) is 14.8 Å². The van der Waals surface area contributed by atoms with Gasteiger partial charge in [-0.1, -0.05) is 36.0 Å². The van der Waals surface area contributed by atoms with Gasteiger partial charge in [-0.25, -0.2) is 18.4 Å². The number of carbonyl (C=O) groups is 1. The summed E-state index contributed by atoms with van der Waals surface area (Å²) in [7, 11) is -3.79. The number of thiazole rings is 1. The molecule has 0 bridgehead atoms. The molecule has 5 rings (SSSR count). The molecular formula is C26H21N5O4S3. The highest BCUT2D eigenvalue weighted by atomic mass is 32.2. The molecule has 0 saturated heterocycles. The van der Waals surface area contributed by atoms with E-state index in [1.165, 1.54) is 46.4 Å². The molecule has 2 heterocycles. The lowest BCUT2D eigenvalue weighted by Gasteiger charge is -2.14. The molecule has 0 fully saturated rings. The SMILES string of the molecule is Cc1cccc(-n2c(SCC(=O)Nc3ccc(S(=O)(=O)Nc4nccs4)cc3)nc3ccccc3c2=O)c1. The zero-order valence-electron chi connectivity index (χ0n) is 20.0. The Hall–Kier alpha value is -4.00. The van der Waals surface area contributed by atoms with E-state index in [-0.39, 0.29) is 27.2 Å². The van der Waals surface area contributed by atoms with Crippen molar-refractivity contribution in [2.75, 3.05) is 15.8 Å². The Labute approximate surface area is 226 Å². The van der Waals surface area contributed by atoms with E-state index in [1.807, 2.05) is 37.3 Å². The second kappa shape index (κ2) is 10.8. The molecule has 0 aliphatic carbocycles. The van der Waals surface area contributed by atoms with Gasteiger partial charge in [-0.2, -0.15) is 0 Å². The molecule has 2 aromatic heterocycles. The Kier molecular flexibility index (Phi) is 7.27. The third kappa shape index (κ3) is 5.62. The predicted molar refractivity (Wildman–Crippen MR) is 151 cm³/mol. The number of aromatic nitrogens is 3. The van der Waals surface area contributed by atoms with Crippen LogP contribution in [0.1, 0.15) is 5.56 Å². The van der Waals surface area contributed by atoms with Gasteiger partial charge in [0.2, 0.25) is 5.91 Å². The van der Waals surface area contributed by atoms with Crippen LogP contribution < -0.4 is 15.6 Å². The standard InChI is InChI=1S/C26H21N5O4S3/c1-17-5-4-6-19(15-17)31-24(33)21-7-2-3-8-22(21)29-26(31)37-16-23(32)28-18-9-11-20(12-10-18)38(34,35)30-25-27-13-14-36-25/h2-15H,16H2,1H3,(H,27,30)(H,28,32). The van der Waals surface area contributed by atoms with Crippen LogP contribution in [0.15, 0.2) is 99.2 Å². The Morgan fingerprint density at radius 3 is 2.58 bits per heavy atom. The number of para-hydroxylation sites is 1. The summed E-state index contributed by atoms with van der Waals surface area (Å²) in [5.74, 6) is -0.341. The van der Waals surface area contributed by atoms with Crippen molar-refractivity contribution in [2.24, 2.45) is 0 Å². The first kappa shape index (κ1) is 25.6. The number of amides is 1. The van der Waals surface area contributed by atoms with Crippen LogP contribution in [0.5, 0.6) is 0 Å². The molecular weight excluding hydrogens is 543 g/mol. The Morgan fingerprint density at radius 2 is 1.84 bits per heavy atom. The van der Waals surface area contributed by atoms with Gasteiger partial charge in [0.1, 0.15) is 0 Å². The lowest BCUT2D eigenvalue weighted by atomic mass is 10.2. The molecule has 0 unspecified atom stereocenters. The number of benzene rings is 3. The number of hydrogen-bond donors (Lipinski definition) is 2. The number of hydrogen-bond acceptors (Lipinski definition) is 8. The minimum Gasteiger partial charge on any atom is -0.325 e. The number of aryl methyl sites for hydroxylation is 1. The van der Waals surface area contributed by atoms with E-state index >= 15 is 0 Å². The van der Waals surface area contributed by atoms with E-state index in [4.69, 9.17) is 0 Å². The van der Waals surface area contributed by atoms with Gasteiger partial charge < -0.3 is 5.32 Å². The molecule has 0 atom stereocenters. The predicted octanol–water partition coefficient (Wildman–Crippen LogP) is 4.68. The smallest absolute Gasteiger partial charge is 0.266 e. The van der Waals surface area contributed by atoms with Crippen LogP contribution in [0.2, 0.25) is 0 Å². The van der Waals surface area contributed by atoms with Crippen molar-refractivity contribution in [2.45, 2.75) is 17.0 Å². The zero-order valence-corrected chi connectivity index (χ0v) is 22.4. The molecule has 0 aliphatic rings. The average Bonchev–Trinajstić information content (AvgIpc) is 3.40. The summed E-state index contributed by atoms with van der Waals surface area (Å²) < 4.78 is 28.9. The number of anilines is 2. The van der Waals surface area contributed by atoms with Crippen molar-refractivity contribution < 1.29 is 13.2 Å². The van der Waals surface area contributed by atoms with Crippen molar-refractivity contribution in [3.8, 4) is 5.69 Å². The number of nitrogens with one attached hydrogen (secondary N) is 2. The molecule has 0 saturated carbocycles. The van der Waals surface area contributed by atoms with Crippen LogP contribution in [0.4, 0.5) is 10.8 Å². The first-order valence-corrected chi connectivity index (χ1v) is 14.7. The maximum atomic E-state index is 13.4. The highest BCUT2D eigenvalue weighted by molar-refractivity contribution is 7.99. The van der Waals surface area contributed by atoms with Crippen LogP contribution in [0.3, 0.4) is 0 Å². The lowest BCUT2D eigenvalue weighted by Crippen LogP contribution is -2.23. The fourth-order valence-corrected chi connectivity index (χ4v) is 6.30. The van der Waals surface area contributed by atoms with Gasteiger partial charge in [-0.3, -0.25) is 18.9 Å². The summed E-state index contributed by atoms with van der Waals surface area (Å²) >= 11 is 2.32. The monoisotopic (exact) mass is 563 g/mol. The number of carbonyl (C=O) groups excluding carboxylic acids is 1. The van der Waals surface area contributed by atoms with E-state index < -0.39 is 10.0 Å². The zero-order chi connectivity index (χ0) is 26.7. The first-order valence-electron chi connectivity index (χ1n) is 11.3. The Balaban J connectivity index is 1.33. The molecule has 0 aliphatic heterocycles. The summed E-state index contributed by atoms with van der Waals surface area (Å²) in [5.41, 5.74) is 2.42. The molecule has 38 heavy (non-hydrogen) atoms. The van der Waals surface area contributed by atoms with Crippen LogP contribution in [0, 0.1) is 6.92 Å². The van der Waals surface area contributed by atoms with Gasteiger partial charge in [0, 0.05) is 17.3 Å². The number of nitrogens with zero attached hydrogens (tertiary/aromatic N) is 3. The highest BCUT2D eigenvalue weighted by Gasteiger charge is 2.17.